The minimum atomic E-state index is -10.7. The van der Waals surface area contributed by atoms with Crippen molar-refractivity contribution in [3.63, 3.8) is 0 Å². The maximum absolute atomic E-state index is 10.7. The number of halogens is 6. The van der Waals surface area contributed by atoms with Crippen LogP contribution < -0.4 is 9.47 Å². The predicted molar refractivity (Wildman–Crippen MR) is 112 cm³/mol. The van der Waals surface area contributed by atoms with Crippen molar-refractivity contribution in [2.24, 2.45) is 0 Å². The smallest absolute Gasteiger partial charge is 0.231 e. The fourth-order valence-corrected chi connectivity index (χ4v) is 2.43. The first kappa shape index (κ1) is 27.9. The average Bonchev–Trinajstić information content (AvgIpc) is 2.72. The molecule has 6 nitrogen and oxygen atoms in total. The number of rotatable bonds is 10. The molecule has 0 bridgehead atoms. The van der Waals surface area contributed by atoms with Crippen LogP contribution in [0.15, 0.2) is 61.1 Å². The van der Waals surface area contributed by atoms with Crippen LogP contribution in [0.4, 0.5) is 25.2 Å². The SMILES string of the molecule is F[P-](F)(F)(F)(F)F.O=C=COCOc1ccc(C([SH2+])c2ccc(OCOC=C=O)cc2)cc1. The van der Waals surface area contributed by atoms with Gasteiger partial charge in [0.15, 0.2) is 29.7 Å². The Hall–Kier alpha value is -3.10. The molecule has 0 aliphatic rings. The molecule has 0 heterocycles. The Bertz CT molecular complexity index is 908. The minimum Gasteiger partial charge on any atom is -0.457 e. The third-order valence-electron chi connectivity index (χ3n) is 3.28. The molecule has 0 aliphatic carbocycles. The fourth-order valence-electron chi connectivity index (χ4n) is 2.05. The van der Waals surface area contributed by atoms with Gasteiger partial charge in [0.2, 0.25) is 13.6 Å². The molecular weight excluding hydrogens is 501 g/mol. The van der Waals surface area contributed by atoms with Crippen molar-refractivity contribution < 1.29 is 53.7 Å². The van der Waals surface area contributed by atoms with Gasteiger partial charge < -0.3 is 18.9 Å². The largest absolute Gasteiger partial charge is 0.457 e. The van der Waals surface area contributed by atoms with Gasteiger partial charge in [0.05, 0.1) is 0 Å². The van der Waals surface area contributed by atoms with Crippen LogP contribution in [0.25, 0.3) is 0 Å². The first-order chi connectivity index (χ1) is 15.2. The molecule has 2 rings (SSSR count). The van der Waals surface area contributed by atoms with Gasteiger partial charge in [-0.3, -0.25) is 0 Å². The van der Waals surface area contributed by atoms with E-state index >= 15 is 0 Å². The van der Waals surface area contributed by atoms with Crippen LogP contribution in [0.5, 0.6) is 11.5 Å². The second-order valence-electron chi connectivity index (χ2n) is 5.86. The van der Waals surface area contributed by atoms with Crippen molar-refractivity contribution in [3.8, 4) is 11.5 Å². The molecule has 0 N–H and O–H groups in total. The van der Waals surface area contributed by atoms with E-state index in [1.54, 1.807) is 0 Å². The number of benzene rings is 2. The Morgan fingerprint density at radius 3 is 1.30 bits per heavy atom. The molecule has 0 saturated heterocycles. The second-order valence-corrected chi connectivity index (χ2v) is 8.35. The Balaban J connectivity index is 0.000000675. The topological polar surface area (TPSA) is 71.1 Å². The third-order valence-corrected chi connectivity index (χ3v) is 3.94. The Morgan fingerprint density at radius 1 is 0.727 bits per heavy atom. The van der Waals surface area contributed by atoms with Crippen LogP contribution in [0.2, 0.25) is 0 Å². The van der Waals surface area contributed by atoms with Gasteiger partial charge in [0, 0.05) is 11.1 Å². The molecule has 2 aromatic rings. The van der Waals surface area contributed by atoms with Gasteiger partial charge in [-0.1, -0.05) is 0 Å². The van der Waals surface area contributed by atoms with Gasteiger partial charge in [-0.05, 0) is 61.2 Å². The van der Waals surface area contributed by atoms with E-state index in [4.69, 9.17) is 18.9 Å². The molecule has 0 amide bonds. The molecule has 0 saturated carbocycles. The predicted octanol–water partition coefficient (Wildman–Crippen LogP) is 5.57. The van der Waals surface area contributed by atoms with Gasteiger partial charge >= 0.3 is 33.0 Å². The summed E-state index contributed by atoms with van der Waals surface area (Å²) in [6.07, 6.45) is 1.81. The maximum Gasteiger partial charge on any atom is 0.231 e. The number of ether oxygens (including phenoxy) is 4. The zero-order valence-electron chi connectivity index (χ0n) is 16.4. The van der Waals surface area contributed by atoms with E-state index in [0.29, 0.717) is 11.5 Å². The summed E-state index contributed by atoms with van der Waals surface area (Å²) >= 11 is 3.72. The van der Waals surface area contributed by atoms with Crippen LogP contribution in [-0.2, 0) is 31.7 Å². The summed E-state index contributed by atoms with van der Waals surface area (Å²) < 4.78 is 79.4. The van der Waals surface area contributed by atoms with E-state index in [1.165, 1.54) is 11.9 Å². The monoisotopic (exact) mass is 518 g/mol. The molecule has 14 heteroatoms. The van der Waals surface area contributed by atoms with E-state index in [-0.39, 0.29) is 18.8 Å². The van der Waals surface area contributed by atoms with Gasteiger partial charge in [-0.25, -0.2) is 9.59 Å². The summed E-state index contributed by atoms with van der Waals surface area (Å²) in [4.78, 5) is 19.9. The molecule has 0 radical (unpaired) electrons. The molecule has 182 valence electrons. The zero-order chi connectivity index (χ0) is 25.0. The van der Waals surface area contributed by atoms with Crippen molar-refractivity contribution >= 4 is 32.3 Å². The Labute approximate surface area is 189 Å². The van der Waals surface area contributed by atoms with Crippen LogP contribution in [0, 0.1) is 0 Å². The average molecular weight is 518 g/mol. The quantitative estimate of drug-likeness (QED) is 0.0780. The molecule has 0 aromatic heterocycles. The zero-order valence-corrected chi connectivity index (χ0v) is 18.3. The van der Waals surface area contributed by atoms with Crippen molar-refractivity contribution in [1.82, 2.24) is 0 Å². The third kappa shape index (κ3) is 15.4. The molecule has 0 unspecified atom stereocenters. The maximum atomic E-state index is 9.97. The fraction of sp³-hybridized carbons (Fsp3) is 0.158. The molecule has 0 fully saturated rings. The van der Waals surface area contributed by atoms with Crippen LogP contribution >= 0.6 is 7.81 Å². The summed E-state index contributed by atoms with van der Waals surface area (Å²) in [5.74, 6) is 4.25. The van der Waals surface area contributed by atoms with E-state index in [9.17, 15) is 34.8 Å². The van der Waals surface area contributed by atoms with Crippen LogP contribution in [-0.4, -0.2) is 25.5 Å². The molecule has 0 aliphatic heterocycles. The van der Waals surface area contributed by atoms with Gasteiger partial charge in [-0.15, -0.1) is 0 Å². The van der Waals surface area contributed by atoms with Crippen LogP contribution in [0.3, 0.4) is 0 Å². The molecule has 0 atom stereocenters. The molecule has 0 spiro atoms. The first-order valence-electron chi connectivity index (χ1n) is 8.54. The van der Waals surface area contributed by atoms with E-state index < -0.39 is 7.81 Å². The summed E-state index contributed by atoms with van der Waals surface area (Å²) in [6, 6.07) is 14.9. The number of carbonyl (C=O) groups excluding carboxylic acids is 2. The Morgan fingerprint density at radius 2 is 1.03 bits per heavy atom. The standard InChI is InChI=1S/C19H16O6S.F6P/c20-9-11-22-13-24-17-5-1-15(2-6-17)19(26)16-3-7-18(8-4-16)25-14-23-12-10-21;1-7(2,3,4,5)6/h1-8,11-12,19,26H,13-14H2;/q;-1/p+1. The van der Waals surface area contributed by atoms with Crippen LogP contribution in [0.1, 0.15) is 16.4 Å². The van der Waals surface area contributed by atoms with Crippen molar-refractivity contribution in [2.45, 2.75) is 5.25 Å². The van der Waals surface area contributed by atoms with E-state index in [1.807, 2.05) is 48.5 Å². The van der Waals surface area contributed by atoms with Crippen molar-refractivity contribution in [2.75, 3.05) is 13.6 Å². The summed E-state index contributed by atoms with van der Waals surface area (Å²) in [5, 5.41) is -0.0124. The van der Waals surface area contributed by atoms with Crippen molar-refractivity contribution in [3.05, 3.63) is 72.2 Å². The van der Waals surface area contributed by atoms with E-state index in [2.05, 4.69) is 12.6 Å². The Kier molecular flexibility index (Phi) is 9.45. The summed E-state index contributed by atoms with van der Waals surface area (Å²) in [7, 11) is -10.7. The van der Waals surface area contributed by atoms with E-state index in [0.717, 1.165) is 23.7 Å². The molecular formula is C19H17F6O6PS. The number of hydrogen-bond donors (Lipinski definition) is 0. The first-order valence-corrected chi connectivity index (χ1v) is 11.1. The van der Waals surface area contributed by atoms with Gasteiger partial charge in [-0.2, -0.15) is 0 Å². The van der Waals surface area contributed by atoms with Gasteiger partial charge in [0.1, 0.15) is 11.5 Å². The summed E-state index contributed by atoms with van der Waals surface area (Å²) in [5.41, 5.74) is 2.08. The second kappa shape index (κ2) is 11.2. The van der Waals surface area contributed by atoms with Gasteiger partial charge in [0.25, 0.3) is 0 Å². The minimum absolute atomic E-state index is 0.0124. The number of hydrogen-bond acceptors (Lipinski definition) is 6. The molecule has 2 aromatic carbocycles. The van der Waals surface area contributed by atoms with Crippen molar-refractivity contribution in [1.29, 1.82) is 0 Å². The normalized spacial score (nSPS) is 13.3. The summed E-state index contributed by atoms with van der Waals surface area (Å²) in [6.45, 7) is -0.112. The molecule has 33 heavy (non-hydrogen) atoms.